The number of rotatable bonds is 5. The van der Waals surface area contributed by atoms with Gasteiger partial charge in [0.25, 0.3) is 0 Å². The Morgan fingerprint density at radius 3 is 2.16 bits per heavy atom. The van der Waals surface area contributed by atoms with Crippen LogP contribution < -0.4 is 4.40 Å². The first kappa shape index (κ1) is 35.0. The molecule has 7 rings (SSSR count). The van der Waals surface area contributed by atoms with Gasteiger partial charge in [-0.3, -0.25) is 0 Å². The number of fused-ring (bicyclic) bond motifs is 3. The minimum atomic E-state index is -1.77. The molecule has 0 bridgehead atoms. The molecule has 49 heavy (non-hydrogen) atoms. The zero-order valence-electron chi connectivity index (χ0n) is 30.9. The van der Waals surface area contributed by atoms with E-state index < -0.39 is 19.2 Å². The van der Waals surface area contributed by atoms with Crippen molar-refractivity contribution >= 4 is 39.6 Å². The van der Waals surface area contributed by atoms with Gasteiger partial charge in [-0.05, 0) is 49.9 Å². The number of hydrogen-bond acceptors (Lipinski definition) is 3. The summed E-state index contributed by atoms with van der Waals surface area (Å²) in [6.07, 6.45) is 3.84. The van der Waals surface area contributed by atoms with Crippen LogP contribution in [0.4, 0.5) is 0 Å². The van der Waals surface area contributed by atoms with Gasteiger partial charge in [0.05, 0.1) is 5.58 Å². The van der Waals surface area contributed by atoms with Gasteiger partial charge in [0.1, 0.15) is 5.58 Å². The van der Waals surface area contributed by atoms with Gasteiger partial charge in [-0.15, -0.1) is 12.1 Å². The van der Waals surface area contributed by atoms with Gasteiger partial charge in [0.2, 0.25) is 0 Å². The van der Waals surface area contributed by atoms with Crippen molar-refractivity contribution in [3.05, 3.63) is 137 Å². The predicted molar refractivity (Wildman–Crippen MR) is 206 cm³/mol. The van der Waals surface area contributed by atoms with Gasteiger partial charge in [0.15, 0.2) is 0 Å². The molecule has 0 N–H and O–H groups in total. The second-order valence-corrected chi connectivity index (χ2v) is 24.6. The molecule has 0 aliphatic carbocycles. The second-order valence-electron chi connectivity index (χ2n) is 14.0. The average Bonchev–Trinajstić information content (AvgIpc) is 3.44. The molecule has 0 saturated carbocycles. The SMILES string of the molecule is Cc1cc(-c2[c-]cccc2)nc[c]1[Ge]([CH3])([CH3])[CH3].[2H]C(C)(C)c1ccnc(-c2[c-]cc(-c3c(C)cc(C)cc3C)c3c2oc2ccccc23)c1.[Ir]. The molecule has 1 radical (unpaired) electrons. The Hall–Kier alpha value is -3.83. The number of benzene rings is 4. The number of aryl methyl sites for hydroxylation is 4. The van der Waals surface area contributed by atoms with Crippen LogP contribution >= 0.6 is 0 Å². The van der Waals surface area contributed by atoms with Crippen LogP contribution in [-0.4, -0.2) is 23.2 Å². The number of aromatic nitrogens is 2. The monoisotopic (exact) mass is 884 g/mol. The Morgan fingerprint density at radius 1 is 0.796 bits per heavy atom. The quantitative estimate of drug-likeness (QED) is 0.128. The van der Waals surface area contributed by atoms with E-state index in [-0.39, 0.29) is 20.1 Å². The van der Waals surface area contributed by atoms with Gasteiger partial charge in [-0.2, -0.15) is 0 Å². The Kier molecular flexibility index (Phi) is 10.7. The van der Waals surface area contributed by atoms with Crippen LogP contribution in [-0.2, 0) is 20.1 Å². The molecule has 251 valence electrons. The van der Waals surface area contributed by atoms with E-state index >= 15 is 0 Å². The molecule has 0 amide bonds. The maximum Gasteiger partial charge on any atom is 0.120 e. The van der Waals surface area contributed by atoms with Crippen molar-refractivity contribution in [1.29, 1.82) is 0 Å². The van der Waals surface area contributed by atoms with Crippen molar-refractivity contribution in [2.24, 2.45) is 0 Å². The van der Waals surface area contributed by atoms with E-state index in [1.807, 2.05) is 62.4 Å². The summed E-state index contributed by atoms with van der Waals surface area (Å²) < 4.78 is 16.3. The molecule has 0 aliphatic heterocycles. The van der Waals surface area contributed by atoms with Crippen LogP contribution in [0.3, 0.4) is 0 Å². The topological polar surface area (TPSA) is 38.9 Å². The van der Waals surface area contributed by atoms with Crippen LogP contribution in [0.25, 0.3) is 55.6 Å². The van der Waals surface area contributed by atoms with E-state index in [0.717, 1.165) is 55.6 Å². The summed E-state index contributed by atoms with van der Waals surface area (Å²) in [6.45, 7) is 12.4. The van der Waals surface area contributed by atoms with Gasteiger partial charge in [-0.1, -0.05) is 89.2 Å². The van der Waals surface area contributed by atoms with Crippen molar-refractivity contribution < 1.29 is 25.9 Å². The Bertz CT molecular complexity index is 2280. The van der Waals surface area contributed by atoms with E-state index in [1.54, 1.807) is 6.20 Å². The zero-order valence-corrected chi connectivity index (χ0v) is 34.4. The third-order valence-electron chi connectivity index (χ3n) is 8.90. The fourth-order valence-corrected chi connectivity index (χ4v) is 10.3. The van der Waals surface area contributed by atoms with Gasteiger partial charge < -0.3 is 9.40 Å². The Morgan fingerprint density at radius 2 is 1.51 bits per heavy atom. The van der Waals surface area contributed by atoms with Gasteiger partial charge >= 0.3 is 106 Å². The zero-order chi connectivity index (χ0) is 35.1. The molecular weight excluding hydrogens is 837 g/mol. The van der Waals surface area contributed by atoms with Crippen LogP contribution in [0.1, 0.15) is 48.9 Å². The van der Waals surface area contributed by atoms with E-state index in [2.05, 4.69) is 110 Å². The van der Waals surface area contributed by atoms with Gasteiger partial charge in [0, 0.05) is 33.1 Å². The minimum absolute atomic E-state index is 0. The normalized spacial score (nSPS) is 11.9. The first-order chi connectivity index (χ1) is 23.2. The van der Waals surface area contributed by atoms with Crippen molar-refractivity contribution in [3.63, 3.8) is 0 Å². The first-order valence-electron chi connectivity index (χ1n) is 17.1. The molecule has 4 aromatic carbocycles. The minimum Gasteiger partial charge on any atom is -0.501 e. The van der Waals surface area contributed by atoms with Crippen LogP contribution in [0.5, 0.6) is 0 Å². The average molecular weight is 883 g/mol. The van der Waals surface area contributed by atoms with E-state index in [4.69, 9.17) is 5.79 Å². The van der Waals surface area contributed by atoms with E-state index in [9.17, 15) is 0 Å². The fraction of sp³-hybridized carbons (Fsp3) is 0.227. The number of para-hydroxylation sites is 1. The largest absolute Gasteiger partial charge is 0.501 e. The molecule has 7 aromatic rings. The van der Waals surface area contributed by atoms with Crippen molar-refractivity contribution in [1.82, 2.24) is 9.97 Å². The van der Waals surface area contributed by atoms with E-state index in [0.29, 0.717) is 0 Å². The summed E-state index contributed by atoms with van der Waals surface area (Å²) in [4.78, 5) is 9.21. The van der Waals surface area contributed by atoms with Crippen molar-refractivity contribution in [3.8, 4) is 33.6 Å². The Balaban J connectivity index is 0.000000229. The van der Waals surface area contributed by atoms with Crippen LogP contribution in [0, 0.1) is 39.8 Å². The molecular formula is C44H44GeIrN2O-2. The third kappa shape index (κ3) is 7.68. The maximum absolute atomic E-state index is 8.43. The number of nitrogens with zero attached hydrogens (tertiary/aromatic N) is 2. The second kappa shape index (κ2) is 15.0. The molecule has 0 saturated heterocycles. The van der Waals surface area contributed by atoms with Crippen LogP contribution in [0.2, 0.25) is 17.3 Å². The number of hydrogen-bond donors (Lipinski definition) is 0. The molecule has 0 spiro atoms. The molecule has 5 heteroatoms. The molecule has 0 fully saturated rings. The molecule has 0 unspecified atom stereocenters. The smallest absolute Gasteiger partial charge is 0.120 e. The summed E-state index contributed by atoms with van der Waals surface area (Å²) in [6, 6.07) is 35.5. The standard InChI is InChI=1S/C29H26NO.C15H18GeN.Ir/c1-17(2)21-12-13-30-25(16-21)22-10-11-24(27-19(4)14-18(3)15-20(27)5)28-23-8-6-7-9-26(23)31-29(22)28;1-12-10-15(13-8-6-5-7-9-13)17-11-14(12)16(2,3)4;/h6-9,11-17H,1-5H3;5-8,10-11H,1-4H3;/q2*-1;/i17D;;. The third-order valence-corrected chi connectivity index (χ3v) is 13.4. The predicted octanol–water partition coefficient (Wildman–Crippen LogP) is 11.6. The number of pyridine rings is 2. The van der Waals surface area contributed by atoms with Crippen molar-refractivity contribution in [2.75, 3.05) is 0 Å². The summed E-state index contributed by atoms with van der Waals surface area (Å²) in [7, 11) is 0. The van der Waals surface area contributed by atoms with Crippen LogP contribution in [0.15, 0.2) is 102 Å². The maximum atomic E-state index is 8.43. The van der Waals surface area contributed by atoms with Crippen molar-refractivity contribution in [2.45, 2.75) is 64.7 Å². The summed E-state index contributed by atoms with van der Waals surface area (Å²) in [5.74, 6) is 6.50. The molecule has 0 aliphatic rings. The molecule has 3 nitrogen and oxygen atoms in total. The molecule has 0 atom stereocenters. The summed E-state index contributed by atoms with van der Waals surface area (Å²) in [5, 5.41) is 2.17. The molecule has 3 aromatic heterocycles. The molecule has 3 heterocycles. The fourth-order valence-electron chi connectivity index (χ4n) is 6.68. The summed E-state index contributed by atoms with van der Waals surface area (Å²) in [5.41, 5.74) is 13.7. The number of furan rings is 1. The Labute approximate surface area is 309 Å². The van der Waals surface area contributed by atoms with E-state index in [1.165, 1.54) is 32.2 Å². The first-order valence-corrected chi connectivity index (χ1v) is 23.9. The summed E-state index contributed by atoms with van der Waals surface area (Å²) >= 11 is -1.77. The van der Waals surface area contributed by atoms with Gasteiger partial charge in [-0.25, -0.2) is 0 Å².